The van der Waals surface area contributed by atoms with E-state index in [-0.39, 0.29) is 84.9 Å². The fourth-order valence-corrected chi connectivity index (χ4v) is 9.57. The molecule has 6 rings (SSSR count). The number of hydrogen-bond donors (Lipinski definition) is 4. The molecular formula is C54H60F6N4O10S. The van der Waals surface area contributed by atoms with Crippen LogP contribution in [0.4, 0.5) is 35.9 Å². The molecule has 0 aliphatic carbocycles. The largest absolute Gasteiger partial charge is 0.493 e. The van der Waals surface area contributed by atoms with E-state index in [1.807, 2.05) is 0 Å². The van der Waals surface area contributed by atoms with E-state index in [0.29, 0.717) is 0 Å². The molecule has 14 nitrogen and oxygen atoms in total. The first-order chi connectivity index (χ1) is 35.1. The summed E-state index contributed by atoms with van der Waals surface area (Å²) in [5.41, 5.74) is -5.89. The average Bonchev–Trinajstić information content (AvgIpc) is 3.87. The lowest BCUT2D eigenvalue weighted by Gasteiger charge is -2.24. The maximum absolute atomic E-state index is 15.9. The molecule has 2 saturated heterocycles. The van der Waals surface area contributed by atoms with Gasteiger partial charge in [-0.05, 0) is 103 Å². The van der Waals surface area contributed by atoms with E-state index >= 15 is 26.3 Å². The van der Waals surface area contributed by atoms with E-state index in [1.165, 1.54) is 70.5 Å². The van der Waals surface area contributed by atoms with Gasteiger partial charge in [0.2, 0.25) is 11.8 Å². The number of halogens is 6. The SMILES string of the molecule is CCOc1ccccc1-c1c(C=CC(=O)NC2CN(C(=O)OC(C)(C)C)CC2O)ccc(Sc2ccc(C=CC(=O)NC3CN(C(=O)OC(C)(C)C)CC3O)c(-c3ccccc3OCC)c2C(F)(F)F)c1C(F)(F)F. The lowest BCUT2D eigenvalue weighted by Crippen LogP contribution is -2.42. The van der Waals surface area contributed by atoms with Gasteiger partial charge in [0.1, 0.15) is 22.7 Å². The number of ether oxygens (including phenoxy) is 4. The monoisotopic (exact) mass is 1070 g/mol. The smallest absolute Gasteiger partial charge is 0.418 e. The molecule has 2 fully saturated rings. The molecule has 4 N–H and O–H groups in total. The maximum Gasteiger partial charge on any atom is 0.418 e. The van der Waals surface area contributed by atoms with Crippen molar-refractivity contribution in [1.29, 1.82) is 0 Å². The van der Waals surface area contributed by atoms with E-state index in [2.05, 4.69) is 10.6 Å². The Labute approximate surface area is 435 Å². The van der Waals surface area contributed by atoms with Gasteiger partial charge in [0.05, 0.1) is 61.7 Å². The van der Waals surface area contributed by atoms with Gasteiger partial charge in [-0.1, -0.05) is 60.3 Å². The summed E-state index contributed by atoms with van der Waals surface area (Å²) >= 11 is 0.203. The zero-order chi connectivity index (χ0) is 55.2. The lowest BCUT2D eigenvalue weighted by molar-refractivity contribution is -0.139. The third-order valence-electron chi connectivity index (χ3n) is 11.5. The molecule has 0 saturated carbocycles. The van der Waals surface area contributed by atoms with Gasteiger partial charge in [-0.2, -0.15) is 26.3 Å². The number of hydrogen-bond acceptors (Lipinski definition) is 11. The Hall–Kier alpha value is -6.71. The fourth-order valence-electron chi connectivity index (χ4n) is 8.42. The van der Waals surface area contributed by atoms with Gasteiger partial charge in [-0.25, -0.2) is 9.59 Å². The number of rotatable bonds is 14. The third kappa shape index (κ3) is 14.8. The summed E-state index contributed by atoms with van der Waals surface area (Å²) in [6, 6.07) is 14.1. The molecule has 0 aromatic heterocycles. The predicted molar refractivity (Wildman–Crippen MR) is 270 cm³/mol. The molecule has 2 aliphatic heterocycles. The Balaban J connectivity index is 1.43. The van der Waals surface area contributed by atoms with Crippen LogP contribution in [-0.4, -0.2) is 119 Å². The maximum atomic E-state index is 15.9. The van der Waals surface area contributed by atoms with E-state index in [0.717, 1.165) is 36.4 Å². The molecule has 0 radical (unpaired) electrons. The lowest BCUT2D eigenvalue weighted by atomic mass is 9.92. The minimum atomic E-state index is -5.24. The summed E-state index contributed by atoms with van der Waals surface area (Å²) in [4.78, 5) is 53.3. The highest BCUT2D eigenvalue weighted by molar-refractivity contribution is 7.99. The number of nitrogens with one attached hydrogen (secondary N) is 2. The van der Waals surface area contributed by atoms with Crippen LogP contribution in [0, 0.1) is 0 Å². The van der Waals surface area contributed by atoms with Crippen molar-refractivity contribution in [1.82, 2.24) is 20.4 Å². The van der Waals surface area contributed by atoms with Gasteiger partial charge in [-0.15, -0.1) is 0 Å². The number of amides is 4. The quantitative estimate of drug-likeness (QED) is 0.0699. The van der Waals surface area contributed by atoms with Gasteiger partial charge in [0, 0.05) is 57.3 Å². The second-order valence-corrected chi connectivity index (χ2v) is 20.6. The normalized spacial score (nSPS) is 18.4. The number of aliphatic hydroxyl groups excluding tert-OH is 2. The highest BCUT2D eigenvalue weighted by Gasteiger charge is 2.43. The number of aliphatic hydroxyl groups is 2. The Morgan fingerprint density at radius 2 is 0.947 bits per heavy atom. The molecule has 4 amide bonds. The van der Waals surface area contributed by atoms with Gasteiger partial charge in [-0.3, -0.25) is 9.59 Å². The van der Waals surface area contributed by atoms with Crippen LogP contribution in [-0.2, 0) is 31.4 Å². The third-order valence-corrected chi connectivity index (χ3v) is 12.6. The number of alkyl halides is 6. The molecular weight excluding hydrogens is 1010 g/mol. The van der Waals surface area contributed by atoms with Crippen molar-refractivity contribution in [3.63, 3.8) is 0 Å². The second kappa shape index (κ2) is 23.5. The van der Waals surface area contributed by atoms with Gasteiger partial charge < -0.3 is 49.6 Å². The van der Waals surface area contributed by atoms with Gasteiger partial charge in [0.15, 0.2) is 0 Å². The van der Waals surface area contributed by atoms with E-state index in [9.17, 15) is 29.4 Å². The van der Waals surface area contributed by atoms with Crippen molar-refractivity contribution in [2.24, 2.45) is 0 Å². The van der Waals surface area contributed by atoms with Crippen molar-refractivity contribution in [3.05, 3.63) is 107 Å². The van der Waals surface area contributed by atoms with E-state index in [4.69, 9.17) is 18.9 Å². The van der Waals surface area contributed by atoms with Crippen molar-refractivity contribution in [2.45, 2.75) is 113 Å². The highest BCUT2D eigenvalue weighted by Crippen LogP contribution is 2.53. The number of carbonyl (C=O) groups is 4. The van der Waals surface area contributed by atoms with Gasteiger partial charge in [0.25, 0.3) is 0 Å². The molecule has 0 bridgehead atoms. The fraction of sp³-hybridized carbons (Fsp3) is 0.407. The van der Waals surface area contributed by atoms with E-state index < -0.39 is 104 Å². The Morgan fingerprint density at radius 1 is 0.587 bits per heavy atom. The summed E-state index contributed by atoms with van der Waals surface area (Å²) in [6.07, 6.45) is -10.2. The Morgan fingerprint density at radius 3 is 1.28 bits per heavy atom. The molecule has 4 unspecified atom stereocenters. The van der Waals surface area contributed by atoms with Crippen LogP contribution in [0.1, 0.15) is 77.6 Å². The minimum Gasteiger partial charge on any atom is -0.493 e. The molecule has 75 heavy (non-hydrogen) atoms. The molecule has 4 aromatic carbocycles. The van der Waals surface area contributed by atoms with E-state index in [1.54, 1.807) is 55.4 Å². The summed E-state index contributed by atoms with van der Waals surface area (Å²) in [6.45, 7) is 12.7. The topological polar surface area (TPSA) is 176 Å². The Bertz CT molecular complexity index is 2620. The Kier molecular flexibility index (Phi) is 18.0. The van der Waals surface area contributed by atoms with Crippen LogP contribution >= 0.6 is 11.8 Å². The minimum absolute atomic E-state index is 0.0110. The van der Waals surface area contributed by atoms with Crippen LogP contribution in [0.25, 0.3) is 34.4 Å². The standard InChI is InChI=1S/C54H60F6N4O10S/c1-9-71-39-17-13-11-15-33(39)45-31(21-25-43(67)61-35-27-63(29-37(35)65)49(69)73-51(3,4)5)19-23-41(47(45)53(55,56)57)75-42-24-20-32(46(48(42)54(58,59)60)34-16-12-14-18-40(34)72-10-2)22-26-44(68)62-36-28-64(30-38(36)66)50(70)74-52(6,7)8/h11-26,35-38,65-66H,9-10,27-30H2,1-8H3,(H,61,67)(H,62,68). The summed E-state index contributed by atoms with van der Waals surface area (Å²) in [5.74, 6) is -1.64. The number of nitrogens with zero attached hydrogens (tertiary/aromatic N) is 2. The number of likely N-dealkylation sites (tertiary alicyclic amines) is 2. The predicted octanol–water partition coefficient (Wildman–Crippen LogP) is 10.2. The number of carbonyl (C=O) groups excluding carboxylic acids is 4. The van der Waals surface area contributed by atoms with Crippen LogP contribution in [0.15, 0.2) is 94.7 Å². The van der Waals surface area contributed by atoms with Crippen molar-refractivity contribution in [2.75, 3.05) is 39.4 Å². The first-order valence-corrected chi connectivity index (χ1v) is 24.8. The van der Waals surface area contributed by atoms with Gasteiger partial charge >= 0.3 is 24.5 Å². The highest BCUT2D eigenvalue weighted by atomic mass is 32.2. The molecule has 2 aliphatic rings. The second-order valence-electron chi connectivity index (χ2n) is 19.6. The first kappa shape index (κ1) is 57.6. The molecule has 404 valence electrons. The van der Waals surface area contributed by atoms with Crippen LogP contribution in [0.5, 0.6) is 11.5 Å². The summed E-state index contributed by atoms with van der Waals surface area (Å²) < 4.78 is 118. The molecule has 21 heteroatoms. The summed E-state index contributed by atoms with van der Waals surface area (Å²) in [5, 5.41) is 26.6. The number of para-hydroxylation sites is 2. The van der Waals surface area contributed by atoms with Crippen molar-refractivity contribution >= 4 is 47.9 Å². The van der Waals surface area contributed by atoms with Crippen molar-refractivity contribution < 1.29 is 74.7 Å². The summed E-state index contributed by atoms with van der Waals surface area (Å²) in [7, 11) is 0. The molecule has 4 aromatic rings. The zero-order valence-corrected chi connectivity index (χ0v) is 43.3. The number of benzene rings is 4. The molecule has 0 spiro atoms. The first-order valence-electron chi connectivity index (χ1n) is 24.0. The van der Waals surface area contributed by atoms with Crippen LogP contribution in [0.3, 0.4) is 0 Å². The molecule has 2 heterocycles. The zero-order valence-electron chi connectivity index (χ0n) is 42.5. The molecule has 4 atom stereocenters. The van der Waals surface area contributed by atoms with Crippen LogP contribution in [0.2, 0.25) is 0 Å². The average molecular weight is 1070 g/mol. The van der Waals surface area contributed by atoms with Crippen LogP contribution < -0.4 is 20.1 Å². The number of β-amino-alcohol motifs (C(OH)–C–C–N with tert-alkyl or cyclic N) is 2. The van der Waals surface area contributed by atoms with Crippen molar-refractivity contribution in [3.8, 4) is 33.8 Å².